The molecule has 1 aliphatic heterocycles. The molecule has 0 atom stereocenters. The summed E-state index contributed by atoms with van der Waals surface area (Å²) in [6.07, 6.45) is 2.37. The summed E-state index contributed by atoms with van der Waals surface area (Å²) in [5.41, 5.74) is 1.03. The van der Waals surface area contributed by atoms with Crippen LogP contribution < -0.4 is 10.2 Å². The minimum Gasteiger partial charge on any atom is -0.370 e. The molecular formula is C15H27N5. The van der Waals surface area contributed by atoms with Gasteiger partial charge in [-0.15, -0.1) is 0 Å². The van der Waals surface area contributed by atoms with Gasteiger partial charge in [-0.05, 0) is 19.9 Å². The van der Waals surface area contributed by atoms with Crippen molar-refractivity contribution in [3.63, 3.8) is 0 Å². The highest BCUT2D eigenvalue weighted by molar-refractivity contribution is 5.43. The zero-order chi connectivity index (χ0) is 14.4. The second-order valence-electron chi connectivity index (χ2n) is 5.40. The van der Waals surface area contributed by atoms with Gasteiger partial charge in [0.1, 0.15) is 5.82 Å². The van der Waals surface area contributed by atoms with E-state index in [0.717, 1.165) is 56.7 Å². The van der Waals surface area contributed by atoms with Gasteiger partial charge in [0.2, 0.25) is 5.95 Å². The molecule has 0 radical (unpaired) electrons. The Morgan fingerprint density at radius 2 is 1.90 bits per heavy atom. The van der Waals surface area contributed by atoms with E-state index in [9.17, 15) is 0 Å². The van der Waals surface area contributed by atoms with E-state index in [1.54, 1.807) is 0 Å². The van der Waals surface area contributed by atoms with E-state index < -0.39 is 0 Å². The van der Waals surface area contributed by atoms with E-state index in [0.29, 0.717) is 0 Å². The van der Waals surface area contributed by atoms with E-state index in [1.165, 1.54) is 12.8 Å². The van der Waals surface area contributed by atoms with Crippen molar-refractivity contribution < 1.29 is 0 Å². The van der Waals surface area contributed by atoms with Crippen LogP contribution in [0.2, 0.25) is 0 Å². The van der Waals surface area contributed by atoms with Gasteiger partial charge in [-0.3, -0.25) is 0 Å². The normalized spacial score (nSPS) is 16.4. The number of anilines is 2. The lowest BCUT2D eigenvalue weighted by molar-refractivity contribution is 0.270. The van der Waals surface area contributed by atoms with Crippen LogP contribution in [0, 0.1) is 6.92 Å². The van der Waals surface area contributed by atoms with Gasteiger partial charge >= 0.3 is 0 Å². The van der Waals surface area contributed by atoms with Gasteiger partial charge in [-0.25, -0.2) is 4.98 Å². The van der Waals surface area contributed by atoms with Crippen LogP contribution in [0.25, 0.3) is 0 Å². The number of aryl methyl sites for hydroxylation is 1. The van der Waals surface area contributed by atoms with Gasteiger partial charge in [0.15, 0.2) is 0 Å². The molecule has 1 saturated heterocycles. The number of hydrogen-bond acceptors (Lipinski definition) is 5. The van der Waals surface area contributed by atoms with Crippen molar-refractivity contribution in [1.29, 1.82) is 0 Å². The highest BCUT2D eigenvalue weighted by Crippen LogP contribution is 2.15. The summed E-state index contributed by atoms with van der Waals surface area (Å²) in [6.45, 7) is 12.8. The highest BCUT2D eigenvalue weighted by Gasteiger charge is 2.18. The fourth-order valence-corrected chi connectivity index (χ4v) is 2.44. The lowest BCUT2D eigenvalue weighted by Gasteiger charge is -2.34. The van der Waals surface area contributed by atoms with E-state index in [2.05, 4.69) is 38.9 Å². The van der Waals surface area contributed by atoms with Gasteiger partial charge in [-0.2, -0.15) is 4.98 Å². The molecule has 0 spiro atoms. The van der Waals surface area contributed by atoms with Gasteiger partial charge in [0.25, 0.3) is 0 Å². The number of unbranched alkanes of at least 4 members (excludes halogenated alkanes) is 1. The molecule has 20 heavy (non-hydrogen) atoms. The van der Waals surface area contributed by atoms with Crippen LogP contribution in [0.15, 0.2) is 6.07 Å². The van der Waals surface area contributed by atoms with Crippen LogP contribution >= 0.6 is 0 Å². The quantitative estimate of drug-likeness (QED) is 0.807. The molecule has 1 aromatic heterocycles. The second-order valence-corrected chi connectivity index (χ2v) is 5.40. The summed E-state index contributed by atoms with van der Waals surface area (Å²) in [7, 11) is 0. The first-order valence-corrected chi connectivity index (χ1v) is 7.79. The Hall–Kier alpha value is -1.36. The Morgan fingerprint density at radius 3 is 2.55 bits per heavy atom. The van der Waals surface area contributed by atoms with Crippen molar-refractivity contribution in [3.8, 4) is 0 Å². The largest absolute Gasteiger partial charge is 0.370 e. The molecule has 1 N–H and O–H groups in total. The van der Waals surface area contributed by atoms with E-state index in [4.69, 9.17) is 0 Å². The van der Waals surface area contributed by atoms with Crippen LogP contribution in [-0.4, -0.2) is 54.1 Å². The molecule has 0 saturated carbocycles. The van der Waals surface area contributed by atoms with Crippen molar-refractivity contribution in [2.45, 2.75) is 33.6 Å². The molecule has 0 bridgehead atoms. The molecule has 112 valence electrons. The lowest BCUT2D eigenvalue weighted by atomic mass is 10.3. The molecule has 1 aliphatic rings. The Bertz CT molecular complexity index is 413. The van der Waals surface area contributed by atoms with Crippen LogP contribution in [0.5, 0.6) is 0 Å². The maximum absolute atomic E-state index is 4.67. The molecule has 5 nitrogen and oxygen atoms in total. The van der Waals surface area contributed by atoms with E-state index in [1.807, 2.05) is 13.0 Å². The lowest BCUT2D eigenvalue weighted by Crippen LogP contribution is -2.46. The van der Waals surface area contributed by atoms with Crippen molar-refractivity contribution in [3.05, 3.63) is 11.8 Å². The molecule has 0 unspecified atom stereocenters. The predicted molar refractivity (Wildman–Crippen MR) is 84.5 cm³/mol. The average Bonchev–Trinajstić information content (AvgIpc) is 2.47. The fourth-order valence-electron chi connectivity index (χ4n) is 2.44. The molecule has 1 aromatic rings. The average molecular weight is 277 g/mol. The molecule has 1 fully saturated rings. The van der Waals surface area contributed by atoms with Gasteiger partial charge in [0.05, 0.1) is 0 Å². The van der Waals surface area contributed by atoms with E-state index in [-0.39, 0.29) is 0 Å². The standard InChI is InChI=1S/C15H27N5/c1-4-6-7-16-14-12-13(3)17-15(18-14)20-10-8-19(5-2)9-11-20/h12H,4-11H2,1-3H3,(H,16,17,18). The first-order valence-electron chi connectivity index (χ1n) is 7.79. The van der Waals surface area contributed by atoms with Crippen molar-refractivity contribution >= 4 is 11.8 Å². The number of piperazine rings is 1. The Morgan fingerprint density at radius 1 is 1.15 bits per heavy atom. The number of hydrogen-bond donors (Lipinski definition) is 1. The maximum Gasteiger partial charge on any atom is 0.227 e. The van der Waals surface area contributed by atoms with E-state index >= 15 is 0 Å². The fraction of sp³-hybridized carbons (Fsp3) is 0.733. The van der Waals surface area contributed by atoms with Crippen LogP contribution in [-0.2, 0) is 0 Å². The minimum atomic E-state index is 0.875. The molecule has 0 amide bonds. The summed E-state index contributed by atoms with van der Waals surface area (Å²) in [5, 5.41) is 3.40. The van der Waals surface area contributed by atoms with Gasteiger partial charge in [-0.1, -0.05) is 20.3 Å². The SMILES string of the molecule is CCCCNc1cc(C)nc(N2CCN(CC)CC2)n1. The summed E-state index contributed by atoms with van der Waals surface area (Å²) in [6, 6.07) is 2.03. The van der Waals surface area contributed by atoms with Crippen molar-refractivity contribution in [1.82, 2.24) is 14.9 Å². The third-order valence-electron chi connectivity index (χ3n) is 3.78. The molecule has 0 aliphatic carbocycles. The summed E-state index contributed by atoms with van der Waals surface area (Å²) < 4.78 is 0. The third kappa shape index (κ3) is 4.07. The Kier molecular flexibility index (Phi) is 5.59. The number of rotatable bonds is 6. The van der Waals surface area contributed by atoms with Gasteiger partial charge in [0, 0.05) is 44.5 Å². The predicted octanol–water partition coefficient (Wildman–Crippen LogP) is 2.14. The monoisotopic (exact) mass is 277 g/mol. The number of nitrogens with zero attached hydrogens (tertiary/aromatic N) is 4. The van der Waals surface area contributed by atoms with Crippen LogP contribution in [0.4, 0.5) is 11.8 Å². The molecular weight excluding hydrogens is 250 g/mol. The summed E-state index contributed by atoms with van der Waals surface area (Å²) in [5.74, 6) is 1.83. The summed E-state index contributed by atoms with van der Waals surface area (Å²) >= 11 is 0. The first kappa shape index (κ1) is 15.0. The number of likely N-dealkylation sites (N-methyl/N-ethyl adjacent to an activating group) is 1. The Labute approximate surface area is 122 Å². The van der Waals surface area contributed by atoms with Crippen LogP contribution in [0.1, 0.15) is 32.4 Å². The zero-order valence-corrected chi connectivity index (χ0v) is 13.0. The minimum absolute atomic E-state index is 0.875. The zero-order valence-electron chi connectivity index (χ0n) is 13.0. The molecule has 0 aromatic carbocycles. The number of aromatic nitrogens is 2. The Balaban J connectivity index is 2.00. The topological polar surface area (TPSA) is 44.3 Å². The molecule has 2 rings (SSSR count). The van der Waals surface area contributed by atoms with Crippen molar-refractivity contribution in [2.75, 3.05) is 49.5 Å². The smallest absolute Gasteiger partial charge is 0.227 e. The maximum atomic E-state index is 4.67. The summed E-state index contributed by atoms with van der Waals surface area (Å²) in [4.78, 5) is 14.0. The van der Waals surface area contributed by atoms with Gasteiger partial charge < -0.3 is 15.1 Å². The molecule has 2 heterocycles. The van der Waals surface area contributed by atoms with Crippen molar-refractivity contribution in [2.24, 2.45) is 0 Å². The second kappa shape index (κ2) is 7.43. The molecule has 5 heteroatoms. The van der Waals surface area contributed by atoms with Crippen LogP contribution in [0.3, 0.4) is 0 Å². The number of nitrogens with one attached hydrogen (secondary N) is 1. The highest BCUT2D eigenvalue weighted by atomic mass is 15.3. The first-order chi connectivity index (χ1) is 9.72. The third-order valence-corrected chi connectivity index (χ3v) is 3.78.